The van der Waals surface area contributed by atoms with Crippen LogP contribution in [0, 0.1) is 5.82 Å². The lowest BCUT2D eigenvalue weighted by Gasteiger charge is -2.21. The standard InChI is InChI=1S/C23H32FN5O2/c1-25-23(26-14-16-6-7-22(28(2)3)21(24)10-16)27-17-8-9-29(15-17)18-11-19(30-4)13-20(12-18)31-5/h6-7,10-13,17H,8-9,14-15H2,1-5H3,(H2,25,26,27). The molecular weight excluding hydrogens is 397 g/mol. The molecule has 2 aromatic rings. The van der Waals surface area contributed by atoms with Crippen LogP contribution in [0.2, 0.25) is 0 Å². The topological polar surface area (TPSA) is 61.4 Å². The summed E-state index contributed by atoms with van der Waals surface area (Å²) >= 11 is 0. The van der Waals surface area contributed by atoms with Gasteiger partial charge in [-0.1, -0.05) is 6.07 Å². The van der Waals surface area contributed by atoms with Crippen LogP contribution in [0.1, 0.15) is 12.0 Å². The molecule has 2 aromatic carbocycles. The minimum absolute atomic E-state index is 0.229. The molecule has 0 radical (unpaired) electrons. The van der Waals surface area contributed by atoms with E-state index in [0.717, 1.165) is 42.3 Å². The maximum Gasteiger partial charge on any atom is 0.191 e. The van der Waals surface area contributed by atoms with Gasteiger partial charge in [0.25, 0.3) is 0 Å². The highest BCUT2D eigenvalue weighted by molar-refractivity contribution is 5.80. The molecule has 1 aliphatic rings. The number of hydrogen-bond donors (Lipinski definition) is 2. The second-order valence-corrected chi connectivity index (χ2v) is 7.75. The van der Waals surface area contributed by atoms with Crippen molar-refractivity contribution in [3.63, 3.8) is 0 Å². The quantitative estimate of drug-likeness (QED) is 0.521. The first-order chi connectivity index (χ1) is 14.9. The molecule has 2 N–H and O–H groups in total. The van der Waals surface area contributed by atoms with Crippen molar-refractivity contribution in [2.45, 2.75) is 19.0 Å². The van der Waals surface area contributed by atoms with Crippen molar-refractivity contribution in [2.75, 3.05) is 58.3 Å². The van der Waals surface area contributed by atoms with Gasteiger partial charge < -0.3 is 29.9 Å². The van der Waals surface area contributed by atoms with Gasteiger partial charge >= 0.3 is 0 Å². The number of nitrogens with zero attached hydrogens (tertiary/aromatic N) is 3. The fraction of sp³-hybridized carbons (Fsp3) is 0.435. The van der Waals surface area contributed by atoms with Crippen LogP contribution in [0.4, 0.5) is 15.8 Å². The third-order valence-electron chi connectivity index (χ3n) is 5.41. The Bertz CT molecular complexity index is 897. The molecule has 1 heterocycles. The Kier molecular flexibility index (Phi) is 7.44. The molecule has 7 nitrogen and oxygen atoms in total. The van der Waals surface area contributed by atoms with Gasteiger partial charge in [0, 0.05) is 70.7 Å². The predicted octanol–water partition coefficient (Wildman–Crippen LogP) is 2.85. The van der Waals surface area contributed by atoms with E-state index in [2.05, 4.69) is 20.5 Å². The van der Waals surface area contributed by atoms with Gasteiger partial charge in [0.2, 0.25) is 0 Å². The normalized spacial score (nSPS) is 16.3. The third kappa shape index (κ3) is 5.71. The van der Waals surface area contributed by atoms with Crippen molar-refractivity contribution in [3.05, 3.63) is 47.8 Å². The summed E-state index contributed by atoms with van der Waals surface area (Å²) in [5, 5.41) is 6.75. The summed E-state index contributed by atoms with van der Waals surface area (Å²) in [6, 6.07) is 11.4. The Morgan fingerprint density at radius 3 is 2.45 bits per heavy atom. The molecular formula is C23H32FN5O2. The van der Waals surface area contributed by atoms with Gasteiger partial charge in [-0.15, -0.1) is 0 Å². The largest absolute Gasteiger partial charge is 0.497 e. The molecule has 1 aliphatic heterocycles. The van der Waals surface area contributed by atoms with Gasteiger partial charge in [-0.3, -0.25) is 4.99 Å². The number of aliphatic imine (C=N–C) groups is 1. The first-order valence-corrected chi connectivity index (χ1v) is 10.3. The van der Waals surface area contributed by atoms with E-state index < -0.39 is 0 Å². The van der Waals surface area contributed by atoms with Crippen LogP contribution in [0.3, 0.4) is 0 Å². The molecule has 0 bridgehead atoms. The second kappa shape index (κ2) is 10.2. The van der Waals surface area contributed by atoms with Crippen LogP contribution in [0.5, 0.6) is 11.5 Å². The highest BCUT2D eigenvalue weighted by Crippen LogP contribution is 2.30. The minimum Gasteiger partial charge on any atom is -0.497 e. The molecule has 0 amide bonds. The van der Waals surface area contributed by atoms with E-state index in [1.54, 1.807) is 38.3 Å². The van der Waals surface area contributed by atoms with Crippen molar-refractivity contribution in [3.8, 4) is 11.5 Å². The van der Waals surface area contributed by atoms with Gasteiger partial charge in [0.05, 0.1) is 19.9 Å². The summed E-state index contributed by atoms with van der Waals surface area (Å²) in [6.07, 6.45) is 0.979. The smallest absolute Gasteiger partial charge is 0.191 e. The molecule has 0 aromatic heterocycles. The van der Waals surface area contributed by atoms with Crippen LogP contribution in [0.15, 0.2) is 41.4 Å². The van der Waals surface area contributed by atoms with Gasteiger partial charge in [0.1, 0.15) is 17.3 Å². The Morgan fingerprint density at radius 2 is 1.87 bits per heavy atom. The number of rotatable bonds is 7. The first-order valence-electron chi connectivity index (χ1n) is 10.3. The number of benzene rings is 2. The minimum atomic E-state index is -0.229. The van der Waals surface area contributed by atoms with E-state index in [0.29, 0.717) is 18.2 Å². The Morgan fingerprint density at radius 1 is 1.16 bits per heavy atom. The maximum absolute atomic E-state index is 14.2. The predicted molar refractivity (Wildman–Crippen MR) is 124 cm³/mol. The monoisotopic (exact) mass is 429 g/mol. The van der Waals surface area contributed by atoms with Crippen molar-refractivity contribution in [1.29, 1.82) is 0 Å². The lowest BCUT2D eigenvalue weighted by molar-refractivity contribution is 0.394. The van der Waals surface area contributed by atoms with Crippen LogP contribution in [0.25, 0.3) is 0 Å². The molecule has 1 saturated heterocycles. The summed E-state index contributed by atoms with van der Waals surface area (Å²) in [4.78, 5) is 8.38. The van der Waals surface area contributed by atoms with Gasteiger partial charge in [-0.25, -0.2) is 4.39 Å². The fourth-order valence-corrected chi connectivity index (χ4v) is 3.68. The van der Waals surface area contributed by atoms with E-state index in [9.17, 15) is 4.39 Å². The van der Waals surface area contributed by atoms with Gasteiger partial charge in [0.15, 0.2) is 5.96 Å². The van der Waals surface area contributed by atoms with E-state index in [1.165, 1.54) is 0 Å². The molecule has 1 atom stereocenters. The van der Waals surface area contributed by atoms with Crippen LogP contribution in [-0.2, 0) is 6.54 Å². The van der Waals surface area contributed by atoms with Crippen molar-refractivity contribution < 1.29 is 13.9 Å². The van der Waals surface area contributed by atoms with E-state index >= 15 is 0 Å². The van der Waals surface area contributed by atoms with Crippen molar-refractivity contribution in [2.24, 2.45) is 4.99 Å². The summed E-state index contributed by atoms with van der Waals surface area (Å²) in [5.74, 6) is 2.02. The molecule has 8 heteroatoms. The van der Waals surface area contributed by atoms with Gasteiger partial charge in [-0.05, 0) is 24.1 Å². The Hall–Kier alpha value is -3.16. The fourth-order valence-electron chi connectivity index (χ4n) is 3.68. The molecule has 168 valence electrons. The highest BCUT2D eigenvalue weighted by Gasteiger charge is 2.24. The van der Waals surface area contributed by atoms with Crippen molar-refractivity contribution >= 4 is 17.3 Å². The van der Waals surface area contributed by atoms with Crippen LogP contribution < -0.4 is 29.9 Å². The third-order valence-corrected chi connectivity index (χ3v) is 5.41. The number of halogens is 1. The zero-order valence-electron chi connectivity index (χ0n) is 18.9. The summed E-state index contributed by atoms with van der Waals surface area (Å²) in [5.41, 5.74) is 2.51. The zero-order valence-corrected chi connectivity index (χ0v) is 18.9. The maximum atomic E-state index is 14.2. The number of nitrogens with one attached hydrogen (secondary N) is 2. The molecule has 1 fully saturated rings. The number of anilines is 2. The van der Waals surface area contributed by atoms with E-state index in [4.69, 9.17) is 9.47 Å². The Balaban J connectivity index is 1.57. The van der Waals surface area contributed by atoms with Crippen LogP contribution in [-0.4, -0.2) is 60.5 Å². The summed E-state index contributed by atoms with van der Waals surface area (Å²) in [7, 11) is 8.71. The first kappa shape index (κ1) is 22.5. The number of methoxy groups -OCH3 is 2. The second-order valence-electron chi connectivity index (χ2n) is 7.75. The molecule has 0 saturated carbocycles. The molecule has 0 aliphatic carbocycles. The lowest BCUT2D eigenvalue weighted by atomic mass is 10.2. The molecule has 0 spiro atoms. The highest BCUT2D eigenvalue weighted by atomic mass is 19.1. The average molecular weight is 430 g/mol. The Labute approximate surface area is 183 Å². The lowest BCUT2D eigenvalue weighted by Crippen LogP contribution is -2.44. The van der Waals surface area contributed by atoms with E-state index in [-0.39, 0.29) is 11.9 Å². The zero-order chi connectivity index (χ0) is 22.4. The van der Waals surface area contributed by atoms with Gasteiger partial charge in [-0.2, -0.15) is 0 Å². The molecule has 3 rings (SSSR count). The number of hydrogen-bond acceptors (Lipinski definition) is 5. The number of ether oxygens (including phenoxy) is 2. The van der Waals surface area contributed by atoms with Crippen molar-refractivity contribution in [1.82, 2.24) is 10.6 Å². The molecule has 31 heavy (non-hydrogen) atoms. The molecule has 1 unspecified atom stereocenters. The summed E-state index contributed by atoms with van der Waals surface area (Å²) < 4.78 is 25.0. The summed E-state index contributed by atoms with van der Waals surface area (Å²) in [6.45, 7) is 2.25. The average Bonchev–Trinajstić information content (AvgIpc) is 3.24. The number of guanidine groups is 1. The SMILES string of the molecule is CN=C(NCc1ccc(N(C)C)c(F)c1)NC1CCN(c2cc(OC)cc(OC)c2)C1. The van der Waals surface area contributed by atoms with E-state index in [1.807, 2.05) is 38.4 Å². The van der Waals surface area contributed by atoms with Crippen LogP contribution >= 0.6 is 0 Å².